The largest absolute Gasteiger partial charge is 0.393 e. The predicted octanol–water partition coefficient (Wildman–Crippen LogP) is 2.56. The predicted molar refractivity (Wildman–Crippen MR) is 144 cm³/mol. The summed E-state index contributed by atoms with van der Waals surface area (Å²) in [6, 6.07) is 3.00. The highest BCUT2D eigenvalue weighted by atomic mass is 19.4. The Balaban J connectivity index is 1.46. The Bertz CT molecular complexity index is 1250. The van der Waals surface area contributed by atoms with Crippen molar-refractivity contribution >= 4 is 29.1 Å². The second-order valence-corrected chi connectivity index (χ2v) is 10.5. The molecule has 1 aromatic carbocycles. The molecule has 0 spiro atoms. The van der Waals surface area contributed by atoms with E-state index in [9.17, 15) is 22.8 Å². The molecule has 2 aromatic rings. The van der Waals surface area contributed by atoms with Crippen LogP contribution in [0.3, 0.4) is 0 Å². The standard InChI is InChI=1S/C27H33F4N7O3/c1-32-17-2-4-37(5-3-17)23-12-21(28)18(16-13-34-26(35-14-16)38-6-8-41-9-7-38)10-22(23)36-25(40)19-15-33-24(39)11-20(19)27(29,30)31/h10,12-14,17,19-20,32H,2-9,11,15H2,1H3,(H,33,39)(H,36,40). The lowest BCUT2D eigenvalue weighted by molar-refractivity contribution is -0.197. The number of carbonyl (C=O) groups is 2. The maximum absolute atomic E-state index is 15.6. The number of piperidine rings is 2. The van der Waals surface area contributed by atoms with E-state index in [0.717, 1.165) is 12.8 Å². The van der Waals surface area contributed by atoms with Gasteiger partial charge in [-0.1, -0.05) is 0 Å². The van der Waals surface area contributed by atoms with Crippen molar-refractivity contribution < 1.29 is 31.9 Å². The number of alkyl halides is 3. The molecular formula is C27H33F4N7O3. The van der Waals surface area contributed by atoms with Gasteiger partial charge in [0.05, 0.1) is 36.4 Å². The molecule has 4 heterocycles. The lowest BCUT2D eigenvalue weighted by atomic mass is 9.84. The molecule has 2 unspecified atom stereocenters. The van der Waals surface area contributed by atoms with Gasteiger partial charge in [0.15, 0.2) is 0 Å². The number of hydrogen-bond acceptors (Lipinski definition) is 8. The summed E-state index contributed by atoms with van der Waals surface area (Å²) in [5.74, 6) is -5.39. The third-order valence-corrected chi connectivity index (χ3v) is 8.00. The third kappa shape index (κ3) is 6.53. The van der Waals surface area contributed by atoms with E-state index < -0.39 is 48.6 Å². The van der Waals surface area contributed by atoms with Gasteiger partial charge in [-0.05, 0) is 32.0 Å². The highest BCUT2D eigenvalue weighted by Gasteiger charge is 2.50. The molecule has 10 nitrogen and oxygen atoms in total. The fourth-order valence-corrected chi connectivity index (χ4v) is 5.57. The van der Waals surface area contributed by atoms with Gasteiger partial charge in [-0.25, -0.2) is 14.4 Å². The van der Waals surface area contributed by atoms with Crippen LogP contribution in [0.15, 0.2) is 24.5 Å². The van der Waals surface area contributed by atoms with Crippen LogP contribution in [0.25, 0.3) is 11.1 Å². The molecule has 0 bridgehead atoms. The molecule has 3 aliphatic rings. The summed E-state index contributed by atoms with van der Waals surface area (Å²) in [5, 5.41) is 8.23. The van der Waals surface area contributed by atoms with Crippen molar-refractivity contribution in [2.45, 2.75) is 31.5 Å². The number of morpholine rings is 1. The first-order chi connectivity index (χ1) is 19.6. The first-order valence-corrected chi connectivity index (χ1v) is 13.7. The van der Waals surface area contributed by atoms with Crippen LogP contribution in [0.4, 0.5) is 34.9 Å². The maximum atomic E-state index is 15.6. The molecule has 1 aromatic heterocycles. The number of anilines is 3. The number of carbonyl (C=O) groups excluding carboxylic acids is 2. The zero-order valence-electron chi connectivity index (χ0n) is 22.6. The Morgan fingerprint density at radius 2 is 1.76 bits per heavy atom. The van der Waals surface area contributed by atoms with Gasteiger partial charge in [0.2, 0.25) is 17.8 Å². The molecule has 3 N–H and O–H groups in total. The van der Waals surface area contributed by atoms with Crippen molar-refractivity contribution in [1.29, 1.82) is 0 Å². The van der Waals surface area contributed by atoms with E-state index in [4.69, 9.17) is 4.74 Å². The van der Waals surface area contributed by atoms with Crippen LogP contribution < -0.4 is 25.8 Å². The van der Waals surface area contributed by atoms with Crippen LogP contribution in [0, 0.1) is 17.7 Å². The van der Waals surface area contributed by atoms with Crippen LogP contribution in [-0.2, 0) is 14.3 Å². The Morgan fingerprint density at radius 3 is 2.39 bits per heavy atom. The van der Waals surface area contributed by atoms with Gasteiger partial charge < -0.3 is 30.5 Å². The highest BCUT2D eigenvalue weighted by molar-refractivity contribution is 5.98. The number of halogens is 4. The zero-order valence-corrected chi connectivity index (χ0v) is 22.6. The molecule has 14 heteroatoms. The lowest BCUT2D eigenvalue weighted by Crippen LogP contribution is -2.50. The molecule has 2 amide bonds. The minimum absolute atomic E-state index is 0.104. The monoisotopic (exact) mass is 579 g/mol. The molecule has 0 radical (unpaired) electrons. The molecule has 3 aliphatic heterocycles. The van der Waals surface area contributed by atoms with Crippen LogP contribution in [0.2, 0.25) is 0 Å². The fourth-order valence-electron chi connectivity index (χ4n) is 5.57. The van der Waals surface area contributed by atoms with Crippen LogP contribution in [0.5, 0.6) is 0 Å². The van der Waals surface area contributed by atoms with E-state index in [2.05, 4.69) is 25.9 Å². The van der Waals surface area contributed by atoms with Gasteiger partial charge in [-0.15, -0.1) is 0 Å². The number of amides is 2. The Labute approximate surface area is 234 Å². The van der Waals surface area contributed by atoms with Crippen LogP contribution >= 0.6 is 0 Å². The quantitative estimate of drug-likeness (QED) is 0.448. The molecule has 2 atom stereocenters. The Morgan fingerprint density at radius 1 is 1.07 bits per heavy atom. The van der Waals surface area contributed by atoms with Gasteiger partial charge >= 0.3 is 6.18 Å². The molecule has 0 saturated carbocycles. The Hall–Kier alpha value is -3.52. The number of benzene rings is 1. The van der Waals surface area contributed by atoms with E-state index in [1.807, 2.05) is 16.8 Å². The van der Waals surface area contributed by atoms with Gasteiger partial charge in [0.25, 0.3) is 0 Å². The van der Waals surface area contributed by atoms with Crippen molar-refractivity contribution in [3.05, 3.63) is 30.3 Å². The number of aromatic nitrogens is 2. The smallest absolute Gasteiger partial charge is 0.378 e. The fraction of sp³-hybridized carbons (Fsp3) is 0.556. The molecule has 5 rings (SSSR count). The molecule has 3 saturated heterocycles. The maximum Gasteiger partial charge on any atom is 0.393 e. The number of ether oxygens (including phenoxy) is 1. The SMILES string of the molecule is CNC1CCN(c2cc(F)c(-c3cnc(N4CCOCC4)nc3)cc2NC(=O)C2CNC(=O)CC2C(F)(F)F)CC1. The minimum atomic E-state index is -4.73. The van der Waals surface area contributed by atoms with Crippen molar-refractivity contribution in [2.75, 3.05) is 68.1 Å². The first-order valence-electron chi connectivity index (χ1n) is 13.7. The zero-order chi connectivity index (χ0) is 29.1. The van der Waals surface area contributed by atoms with E-state index in [1.54, 1.807) is 0 Å². The van der Waals surface area contributed by atoms with Gasteiger partial charge in [-0.3, -0.25) is 9.59 Å². The average Bonchev–Trinajstić information content (AvgIpc) is 2.98. The number of nitrogens with zero attached hydrogens (tertiary/aromatic N) is 4. The van der Waals surface area contributed by atoms with E-state index >= 15 is 4.39 Å². The summed E-state index contributed by atoms with van der Waals surface area (Å²) in [5.41, 5.74) is 1.02. The minimum Gasteiger partial charge on any atom is -0.378 e. The first kappa shape index (κ1) is 29.0. The van der Waals surface area contributed by atoms with Gasteiger partial charge in [0.1, 0.15) is 5.82 Å². The summed E-state index contributed by atoms with van der Waals surface area (Å²) in [6.45, 7) is 3.05. The lowest BCUT2D eigenvalue weighted by Gasteiger charge is -2.35. The van der Waals surface area contributed by atoms with E-state index in [0.29, 0.717) is 56.6 Å². The van der Waals surface area contributed by atoms with Crippen molar-refractivity contribution in [3.63, 3.8) is 0 Å². The third-order valence-electron chi connectivity index (χ3n) is 8.00. The normalized spacial score (nSPS) is 22.4. The van der Waals surface area contributed by atoms with E-state index in [1.165, 1.54) is 24.5 Å². The summed E-state index contributed by atoms with van der Waals surface area (Å²) >= 11 is 0. The molecule has 41 heavy (non-hydrogen) atoms. The number of nitrogens with one attached hydrogen (secondary N) is 3. The number of hydrogen-bond donors (Lipinski definition) is 3. The van der Waals surface area contributed by atoms with Crippen molar-refractivity contribution in [2.24, 2.45) is 11.8 Å². The van der Waals surface area contributed by atoms with Crippen molar-refractivity contribution in [1.82, 2.24) is 20.6 Å². The Kier molecular flexibility index (Phi) is 8.59. The molecule has 3 fully saturated rings. The average molecular weight is 580 g/mol. The molecular weight excluding hydrogens is 546 g/mol. The van der Waals surface area contributed by atoms with E-state index in [-0.39, 0.29) is 17.3 Å². The van der Waals surface area contributed by atoms with Crippen molar-refractivity contribution in [3.8, 4) is 11.1 Å². The summed E-state index contributed by atoms with van der Waals surface area (Å²) in [6.07, 6.45) is -1.05. The summed E-state index contributed by atoms with van der Waals surface area (Å²) < 4.78 is 62.2. The van der Waals surface area contributed by atoms with Crippen LogP contribution in [0.1, 0.15) is 19.3 Å². The highest BCUT2D eigenvalue weighted by Crippen LogP contribution is 2.39. The van der Waals surface area contributed by atoms with Gasteiger partial charge in [0, 0.05) is 68.7 Å². The summed E-state index contributed by atoms with van der Waals surface area (Å²) in [7, 11) is 1.87. The second kappa shape index (κ2) is 12.1. The molecule has 222 valence electrons. The topological polar surface area (TPSA) is 112 Å². The second-order valence-electron chi connectivity index (χ2n) is 10.5. The molecule has 0 aliphatic carbocycles. The van der Waals surface area contributed by atoms with Gasteiger partial charge in [-0.2, -0.15) is 13.2 Å². The number of rotatable bonds is 6. The summed E-state index contributed by atoms with van der Waals surface area (Å²) in [4.78, 5) is 37.6. The van der Waals surface area contributed by atoms with Crippen LogP contribution in [-0.4, -0.2) is 87.0 Å².